The molecular formula is C19H33IN4O2. The standard InChI is InChI=1S/C19H32N4O2.HI/c1-2-20-18(23-15-19(9-13-24)10-14-25-16-19)22-12-6-11-21-17-7-4-3-5-8-17;/h3-5,7-8,21,24H,2,6,9-16H2,1H3,(H2,20,22,23);1H. The fourth-order valence-corrected chi connectivity index (χ4v) is 2.96. The number of guanidine groups is 1. The van der Waals surface area contributed by atoms with Crippen LogP contribution in [0.15, 0.2) is 35.3 Å². The minimum atomic E-state index is -0.00797. The van der Waals surface area contributed by atoms with Crippen LogP contribution in [0.2, 0.25) is 0 Å². The number of rotatable bonds is 10. The van der Waals surface area contributed by atoms with Crippen LogP contribution >= 0.6 is 24.0 Å². The second-order valence-electron chi connectivity index (χ2n) is 6.54. The SMILES string of the molecule is CCNC(=NCC1(CCO)CCOC1)NCCCNc1ccccc1.I. The number of hydrogen-bond acceptors (Lipinski definition) is 4. The lowest BCUT2D eigenvalue weighted by atomic mass is 9.84. The predicted octanol–water partition coefficient (Wildman–Crippen LogP) is 2.45. The van der Waals surface area contributed by atoms with Gasteiger partial charge in [0.25, 0.3) is 0 Å². The molecule has 0 bridgehead atoms. The van der Waals surface area contributed by atoms with Gasteiger partial charge in [-0.1, -0.05) is 18.2 Å². The average molecular weight is 476 g/mol. The van der Waals surface area contributed by atoms with Crippen LogP contribution in [0.25, 0.3) is 0 Å². The summed E-state index contributed by atoms with van der Waals surface area (Å²) in [6, 6.07) is 10.2. The maximum atomic E-state index is 9.31. The Morgan fingerprint density at radius 1 is 1.23 bits per heavy atom. The smallest absolute Gasteiger partial charge is 0.191 e. The molecule has 0 radical (unpaired) electrons. The van der Waals surface area contributed by atoms with Crippen molar-refractivity contribution in [2.75, 3.05) is 51.3 Å². The summed E-state index contributed by atoms with van der Waals surface area (Å²) in [5, 5.41) is 19.4. The van der Waals surface area contributed by atoms with Crippen LogP contribution in [-0.4, -0.2) is 57.1 Å². The molecule has 1 fully saturated rings. The Labute approximate surface area is 174 Å². The van der Waals surface area contributed by atoms with Gasteiger partial charge in [-0.2, -0.15) is 0 Å². The first-order valence-corrected chi connectivity index (χ1v) is 9.28. The molecule has 1 aliphatic heterocycles. The van der Waals surface area contributed by atoms with Crippen LogP contribution in [0.1, 0.15) is 26.2 Å². The highest BCUT2D eigenvalue weighted by atomic mass is 127. The second-order valence-corrected chi connectivity index (χ2v) is 6.54. The highest BCUT2D eigenvalue weighted by Gasteiger charge is 2.34. The number of hydrogen-bond donors (Lipinski definition) is 4. The predicted molar refractivity (Wildman–Crippen MR) is 119 cm³/mol. The molecule has 4 N–H and O–H groups in total. The summed E-state index contributed by atoms with van der Waals surface area (Å²) in [5.41, 5.74) is 1.14. The maximum absolute atomic E-state index is 9.31. The van der Waals surface area contributed by atoms with E-state index in [4.69, 9.17) is 9.73 Å². The molecule has 0 amide bonds. The van der Waals surface area contributed by atoms with Gasteiger partial charge in [-0.3, -0.25) is 4.99 Å². The zero-order chi connectivity index (χ0) is 17.8. The third-order valence-electron chi connectivity index (χ3n) is 4.49. The Morgan fingerprint density at radius 3 is 2.69 bits per heavy atom. The molecule has 7 heteroatoms. The zero-order valence-corrected chi connectivity index (χ0v) is 18.0. The maximum Gasteiger partial charge on any atom is 0.191 e. The van der Waals surface area contributed by atoms with Crippen molar-refractivity contribution in [3.8, 4) is 0 Å². The largest absolute Gasteiger partial charge is 0.396 e. The van der Waals surface area contributed by atoms with Crippen LogP contribution in [0.5, 0.6) is 0 Å². The van der Waals surface area contributed by atoms with Crippen molar-refractivity contribution >= 4 is 35.6 Å². The van der Waals surface area contributed by atoms with Crippen molar-refractivity contribution in [2.24, 2.45) is 10.4 Å². The normalized spacial score (nSPS) is 19.7. The van der Waals surface area contributed by atoms with E-state index in [1.807, 2.05) is 18.2 Å². The van der Waals surface area contributed by atoms with E-state index in [1.165, 1.54) is 0 Å². The summed E-state index contributed by atoms with van der Waals surface area (Å²) in [6.07, 6.45) is 2.72. The molecule has 1 aromatic rings. The number of aliphatic imine (C=N–C) groups is 1. The molecule has 6 nitrogen and oxygen atoms in total. The fraction of sp³-hybridized carbons (Fsp3) is 0.632. The average Bonchev–Trinajstić information content (AvgIpc) is 3.09. The lowest BCUT2D eigenvalue weighted by Crippen LogP contribution is -2.39. The van der Waals surface area contributed by atoms with E-state index >= 15 is 0 Å². The molecular weight excluding hydrogens is 443 g/mol. The number of ether oxygens (including phenoxy) is 1. The molecule has 1 unspecified atom stereocenters. The lowest BCUT2D eigenvalue weighted by Gasteiger charge is -2.24. The Hall–Kier alpha value is -1.06. The lowest BCUT2D eigenvalue weighted by molar-refractivity contribution is 0.131. The number of aliphatic hydroxyl groups excluding tert-OH is 1. The van der Waals surface area contributed by atoms with E-state index in [1.54, 1.807) is 0 Å². The molecule has 0 aliphatic carbocycles. The van der Waals surface area contributed by atoms with Crippen molar-refractivity contribution in [1.29, 1.82) is 0 Å². The summed E-state index contributed by atoms with van der Waals surface area (Å²) in [6.45, 7) is 7.00. The van der Waals surface area contributed by atoms with Crippen LogP contribution in [-0.2, 0) is 4.74 Å². The summed E-state index contributed by atoms with van der Waals surface area (Å²) in [4.78, 5) is 4.72. The zero-order valence-electron chi connectivity index (χ0n) is 15.7. The summed E-state index contributed by atoms with van der Waals surface area (Å²) >= 11 is 0. The van der Waals surface area contributed by atoms with Gasteiger partial charge in [0.05, 0.1) is 13.2 Å². The second kappa shape index (κ2) is 13.2. The molecule has 1 heterocycles. The number of benzene rings is 1. The number of halogens is 1. The van der Waals surface area contributed by atoms with Crippen molar-refractivity contribution in [1.82, 2.24) is 10.6 Å². The summed E-state index contributed by atoms with van der Waals surface area (Å²) in [5.74, 6) is 0.839. The minimum absolute atomic E-state index is 0. The van der Waals surface area contributed by atoms with E-state index in [0.717, 1.165) is 57.2 Å². The first-order valence-electron chi connectivity index (χ1n) is 9.28. The van der Waals surface area contributed by atoms with Crippen molar-refractivity contribution in [3.05, 3.63) is 30.3 Å². The van der Waals surface area contributed by atoms with E-state index in [2.05, 4.69) is 35.0 Å². The van der Waals surface area contributed by atoms with Gasteiger partial charge in [-0.15, -0.1) is 24.0 Å². The number of nitrogens with zero attached hydrogens (tertiary/aromatic N) is 1. The molecule has 0 saturated carbocycles. The van der Waals surface area contributed by atoms with Crippen molar-refractivity contribution in [3.63, 3.8) is 0 Å². The highest BCUT2D eigenvalue weighted by molar-refractivity contribution is 14.0. The van der Waals surface area contributed by atoms with Crippen LogP contribution < -0.4 is 16.0 Å². The molecule has 0 aromatic heterocycles. The first kappa shape index (κ1) is 23.0. The minimum Gasteiger partial charge on any atom is -0.396 e. The summed E-state index contributed by atoms with van der Waals surface area (Å²) < 4.78 is 5.53. The monoisotopic (exact) mass is 476 g/mol. The third-order valence-corrected chi connectivity index (χ3v) is 4.49. The van der Waals surface area contributed by atoms with Gasteiger partial charge in [0.2, 0.25) is 0 Å². The van der Waals surface area contributed by atoms with Gasteiger partial charge in [0.1, 0.15) is 0 Å². The Morgan fingerprint density at radius 2 is 2.04 bits per heavy atom. The van der Waals surface area contributed by atoms with E-state index in [0.29, 0.717) is 13.2 Å². The van der Waals surface area contributed by atoms with Gasteiger partial charge in [0, 0.05) is 44.0 Å². The van der Waals surface area contributed by atoms with Crippen molar-refractivity contribution in [2.45, 2.75) is 26.2 Å². The Balaban J connectivity index is 0.00000338. The van der Waals surface area contributed by atoms with Crippen molar-refractivity contribution < 1.29 is 9.84 Å². The number of anilines is 1. The molecule has 1 aromatic carbocycles. The topological polar surface area (TPSA) is 77.9 Å². The molecule has 1 aliphatic rings. The molecule has 26 heavy (non-hydrogen) atoms. The van der Waals surface area contributed by atoms with E-state index in [9.17, 15) is 5.11 Å². The Kier molecular flexibility index (Phi) is 11.6. The van der Waals surface area contributed by atoms with Gasteiger partial charge in [0.15, 0.2) is 5.96 Å². The number of aliphatic hydroxyl groups is 1. The van der Waals surface area contributed by atoms with Gasteiger partial charge < -0.3 is 25.8 Å². The molecule has 1 atom stereocenters. The van der Waals surface area contributed by atoms with Gasteiger partial charge in [-0.25, -0.2) is 0 Å². The molecule has 1 saturated heterocycles. The van der Waals surface area contributed by atoms with E-state index in [-0.39, 0.29) is 36.0 Å². The summed E-state index contributed by atoms with van der Waals surface area (Å²) in [7, 11) is 0. The van der Waals surface area contributed by atoms with E-state index < -0.39 is 0 Å². The van der Waals surface area contributed by atoms with Gasteiger partial charge in [-0.05, 0) is 38.3 Å². The quantitative estimate of drug-likeness (QED) is 0.181. The molecule has 0 spiro atoms. The Bertz CT molecular complexity index is 508. The molecule has 2 rings (SSSR count). The van der Waals surface area contributed by atoms with Crippen LogP contribution in [0.4, 0.5) is 5.69 Å². The fourth-order valence-electron chi connectivity index (χ4n) is 2.96. The van der Waals surface area contributed by atoms with Crippen LogP contribution in [0.3, 0.4) is 0 Å². The number of nitrogens with one attached hydrogen (secondary N) is 3. The number of para-hydroxylation sites is 1. The third kappa shape index (κ3) is 8.09. The van der Waals surface area contributed by atoms with Crippen LogP contribution in [0, 0.1) is 5.41 Å². The molecule has 148 valence electrons. The van der Waals surface area contributed by atoms with Gasteiger partial charge >= 0.3 is 0 Å². The highest BCUT2D eigenvalue weighted by Crippen LogP contribution is 2.32. The first-order chi connectivity index (χ1) is 12.3.